The lowest BCUT2D eigenvalue weighted by molar-refractivity contribution is 0.0966. The van der Waals surface area contributed by atoms with E-state index >= 15 is 0 Å². The molecule has 4 nitrogen and oxygen atoms in total. The summed E-state index contributed by atoms with van der Waals surface area (Å²) in [7, 11) is 0. The summed E-state index contributed by atoms with van der Waals surface area (Å²) in [6.07, 6.45) is 0.457. The van der Waals surface area contributed by atoms with Gasteiger partial charge in [0.1, 0.15) is 12.4 Å². The van der Waals surface area contributed by atoms with E-state index in [9.17, 15) is 9.18 Å². The second-order valence-electron chi connectivity index (χ2n) is 3.76. The van der Waals surface area contributed by atoms with Crippen LogP contribution in [0.15, 0.2) is 30.1 Å². The molecule has 17 heavy (non-hydrogen) atoms. The van der Waals surface area contributed by atoms with Gasteiger partial charge in [0.05, 0.1) is 6.33 Å². The van der Waals surface area contributed by atoms with Crippen LogP contribution in [0.25, 0.3) is 0 Å². The third-order valence-corrected chi connectivity index (χ3v) is 2.60. The van der Waals surface area contributed by atoms with Crippen molar-refractivity contribution in [2.45, 2.75) is 6.54 Å². The smallest absolute Gasteiger partial charge is 0.251 e. The molecule has 0 aromatic heterocycles. The van der Waals surface area contributed by atoms with Gasteiger partial charge in [-0.3, -0.25) is 4.79 Å². The minimum absolute atomic E-state index is 0.0714. The molecule has 2 rings (SSSR count). The highest BCUT2D eigenvalue weighted by atomic mass is 19.1. The molecule has 0 spiro atoms. The molecular weight excluding hydrogens is 223 g/mol. The molecule has 3 N–H and O–H groups in total. The lowest BCUT2D eigenvalue weighted by Gasteiger charge is -2.08. The molecule has 1 aliphatic heterocycles. The summed E-state index contributed by atoms with van der Waals surface area (Å²) in [5.41, 5.74) is 7.26. The largest absolute Gasteiger partial charge is 0.489 e. The van der Waals surface area contributed by atoms with E-state index < -0.39 is 0 Å². The zero-order chi connectivity index (χ0) is 12.3. The minimum Gasteiger partial charge on any atom is -0.489 e. The van der Waals surface area contributed by atoms with Crippen molar-refractivity contribution in [2.75, 3.05) is 13.2 Å². The molecule has 0 saturated carbocycles. The number of carbonyl (C=O) groups excluding carboxylic acids is 1. The molecule has 1 heterocycles. The van der Waals surface area contributed by atoms with Crippen molar-refractivity contribution in [3.8, 4) is 5.75 Å². The van der Waals surface area contributed by atoms with E-state index in [1.165, 1.54) is 0 Å². The van der Waals surface area contributed by atoms with Crippen LogP contribution >= 0.6 is 0 Å². The van der Waals surface area contributed by atoms with E-state index in [4.69, 9.17) is 10.5 Å². The SMILES string of the molecule is NC/C(=C\F)COc1ccc2c(c1)CNC2=O. The molecule has 1 amide bonds. The number of rotatable bonds is 4. The van der Waals surface area contributed by atoms with E-state index in [2.05, 4.69) is 5.32 Å². The first-order valence-electron chi connectivity index (χ1n) is 5.26. The minimum atomic E-state index is -0.0714. The molecule has 90 valence electrons. The number of ether oxygens (including phenoxy) is 1. The van der Waals surface area contributed by atoms with Gasteiger partial charge in [-0.05, 0) is 23.8 Å². The molecule has 1 aromatic rings. The second-order valence-corrected chi connectivity index (χ2v) is 3.76. The quantitative estimate of drug-likeness (QED) is 0.823. The molecule has 1 aliphatic rings. The number of hydrogen-bond donors (Lipinski definition) is 2. The van der Waals surface area contributed by atoms with Gasteiger partial charge in [0.2, 0.25) is 0 Å². The Morgan fingerprint density at radius 2 is 2.41 bits per heavy atom. The third kappa shape index (κ3) is 2.45. The Kier molecular flexibility index (Phi) is 3.39. The molecular formula is C12H13FN2O2. The maximum Gasteiger partial charge on any atom is 0.251 e. The van der Waals surface area contributed by atoms with Crippen LogP contribution in [0.4, 0.5) is 4.39 Å². The number of benzene rings is 1. The van der Waals surface area contributed by atoms with E-state index in [1.807, 2.05) is 0 Å². The van der Waals surface area contributed by atoms with Crippen LogP contribution in [0.2, 0.25) is 0 Å². The highest BCUT2D eigenvalue weighted by molar-refractivity contribution is 5.98. The summed E-state index contributed by atoms with van der Waals surface area (Å²) < 4.78 is 17.6. The number of fused-ring (bicyclic) bond motifs is 1. The van der Waals surface area contributed by atoms with Gasteiger partial charge in [-0.15, -0.1) is 0 Å². The normalized spacial score (nSPS) is 14.5. The Labute approximate surface area is 98.3 Å². The number of carbonyl (C=O) groups is 1. The monoisotopic (exact) mass is 236 g/mol. The average Bonchev–Trinajstić information content (AvgIpc) is 2.72. The standard InChI is InChI=1S/C12H13FN2O2/c13-4-8(5-14)7-17-10-1-2-11-9(3-10)6-15-12(11)16/h1-4H,5-7,14H2,(H,15,16)/b8-4+. The van der Waals surface area contributed by atoms with Gasteiger partial charge in [-0.25, -0.2) is 4.39 Å². The highest BCUT2D eigenvalue weighted by Crippen LogP contribution is 2.21. The molecule has 0 bridgehead atoms. The van der Waals surface area contributed by atoms with Crippen LogP contribution in [0.5, 0.6) is 5.75 Å². The molecule has 0 unspecified atom stereocenters. The van der Waals surface area contributed by atoms with Crippen molar-refractivity contribution in [1.82, 2.24) is 5.32 Å². The fourth-order valence-corrected chi connectivity index (χ4v) is 1.61. The van der Waals surface area contributed by atoms with Gasteiger partial charge in [-0.2, -0.15) is 0 Å². The van der Waals surface area contributed by atoms with Crippen LogP contribution in [0, 0.1) is 0 Å². The lowest BCUT2D eigenvalue weighted by atomic mass is 10.1. The predicted molar refractivity (Wildman–Crippen MR) is 61.4 cm³/mol. The van der Waals surface area contributed by atoms with E-state index in [0.29, 0.717) is 29.8 Å². The Bertz CT molecular complexity index is 472. The first-order valence-corrected chi connectivity index (χ1v) is 5.26. The predicted octanol–water partition coefficient (Wildman–Crippen LogP) is 1.12. The zero-order valence-corrected chi connectivity index (χ0v) is 9.20. The number of amides is 1. The van der Waals surface area contributed by atoms with Crippen molar-refractivity contribution in [1.29, 1.82) is 0 Å². The second kappa shape index (κ2) is 4.97. The molecule has 0 radical (unpaired) electrons. The van der Waals surface area contributed by atoms with Crippen molar-refractivity contribution in [2.24, 2.45) is 5.73 Å². The summed E-state index contributed by atoms with van der Waals surface area (Å²) in [4.78, 5) is 11.3. The van der Waals surface area contributed by atoms with Crippen LogP contribution in [-0.4, -0.2) is 19.1 Å². The summed E-state index contributed by atoms with van der Waals surface area (Å²) in [5, 5.41) is 2.71. The van der Waals surface area contributed by atoms with Crippen molar-refractivity contribution in [3.63, 3.8) is 0 Å². The van der Waals surface area contributed by atoms with Crippen molar-refractivity contribution >= 4 is 5.91 Å². The average molecular weight is 236 g/mol. The number of hydrogen-bond acceptors (Lipinski definition) is 3. The maximum absolute atomic E-state index is 12.3. The van der Waals surface area contributed by atoms with E-state index in [0.717, 1.165) is 5.56 Å². The lowest BCUT2D eigenvalue weighted by Crippen LogP contribution is -2.12. The van der Waals surface area contributed by atoms with Crippen LogP contribution in [-0.2, 0) is 6.54 Å². The fraction of sp³-hybridized carbons (Fsp3) is 0.250. The molecule has 0 fully saturated rings. The van der Waals surface area contributed by atoms with Crippen molar-refractivity contribution < 1.29 is 13.9 Å². The summed E-state index contributed by atoms with van der Waals surface area (Å²) in [6, 6.07) is 5.17. The first-order chi connectivity index (χ1) is 8.24. The zero-order valence-electron chi connectivity index (χ0n) is 9.20. The van der Waals surface area contributed by atoms with Crippen LogP contribution in [0.3, 0.4) is 0 Å². The molecule has 0 aliphatic carbocycles. The Morgan fingerprint density at radius 3 is 3.12 bits per heavy atom. The third-order valence-electron chi connectivity index (χ3n) is 2.60. The molecule has 0 saturated heterocycles. The van der Waals surface area contributed by atoms with Gasteiger partial charge in [0, 0.05) is 24.2 Å². The molecule has 1 aromatic carbocycles. The number of nitrogens with two attached hydrogens (primary N) is 1. The van der Waals surface area contributed by atoms with E-state index in [1.54, 1.807) is 18.2 Å². The number of halogens is 1. The number of nitrogens with one attached hydrogen (secondary N) is 1. The van der Waals surface area contributed by atoms with Crippen molar-refractivity contribution in [3.05, 3.63) is 41.2 Å². The fourth-order valence-electron chi connectivity index (χ4n) is 1.61. The first kappa shape index (κ1) is 11.6. The van der Waals surface area contributed by atoms with Gasteiger partial charge >= 0.3 is 0 Å². The van der Waals surface area contributed by atoms with E-state index in [-0.39, 0.29) is 19.1 Å². The van der Waals surface area contributed by atoms with Gasteiger partial charge in [0.25, 0.3) is 5.91 Å². The summed E-state index contributed by atoms with van der Waals surface area (Å²) >= 11 is 0. The summed E-state index contributed by atoms with van der Waals surface area (Å²) in [5.74, 6) is 0.533. The van der Waals surface area contributed by atoms with Crippen LogP contribution in [0.1, 0.15) is 15.9 Å². The molecule has 0 atom stereocenters. The molecule has 5 heteroatoms. The Hall–Kier alpha value is -1.88. The van der Waals surface area contributed by atoms with Crippen LogP contribution < -0.4 is 15.8 Å². The summed E-state index contributed by atoms with van der Waals surface area (Å²) in [6.45, 7) is 0.753. The van der Waals surface area contributed by atoms with Gasteiger partial charge < -0.3 is 15.8 Å². The van der Waals surface area contributed by atoms with Gasteiger partial charge in [-0.1, -0.05) is 0 Å². The Morgan fingerprint density at radius 1 is 1.59 bits per heavy atom. The highest BCUT2D eigenvalue weighted by Gasteiger charge is 2.18. The topological polar surface area (TPSA) is 64.3 Å². The maximum atomic E-state index is 12.3. The van der Waals surface area contributed by atoms with Gasteiger partial charge in [0.15, 0.2) is 0 Å². The Balaban J connectivity index is 2.06.